The Kier molecular flexibility index (Phi) is 3.62. The van der Waals surface area contributed by atoms with Gasteiger partial charge in [0, 0.05) is 0 Å². The number of hydrogen-bond acceptors (Lipinski definition) is 0. The quantitative estimate of drug-likeness (QED) is 0.691. The molecular weight excluding hydrogens is 182 g/mol. The first-order valence-electron chi connectivity index (χ1n) is 4.84. The summed E-state index contributed by atoms with van der Waals surface area (Å²) >= 11 is 0. The smallest absolute Gasteiger partial charge is 0.123 e. The van der Waals surface area contributed by atoms with Gasteiger partial charge >= 0.3 is 0 Å². The van der Waals surface area contributed by atoms with Crippen LogP contribution in [0.1, 0.15) is 25.8 Å². The summed E-state index contributed by atoms with van der Waals surface area (Å²) in [6.07, 6.45) is 1.33. The van der Waals surface area contributed by atoms with Crippen molar-refractivity contribution in [3.63, 3.8) is 0 Å². The topological polar surface area (TPSA) is 0 Å². The van der Waals surface area contributed by atoms with Gasteiger partial charge in [-0.1, -0.05) is 26.0 Å². The van der Waals surface area contributed by atoms with Crippen molar-refractivity contribution >= 4 is 0 Å². The zero-order valence-corrected chi connectivity index (χ0v) is 8.69. The Morgan fingerprint density at radius 3 is 2.21 bits per heavy atom. The summed E-state index contributed by atoms with van der Waals surface area (Å²) < 4.78 is 24.8. The lowest BCUT2D eigenvalue weighted by molar-refractivity contribution is 0.286. The number of halogens is 2. The maximum Gasteiger partial charge on any atom is 0.123 e. The van der Waals surface area contributed by atoms with Gasteiger partial charge in [-0.15, -0.1) is 0 Å². The lowest BCUT2D eigenvalue weighted by Gasteiger charge is -2.23. The summed E-state index contributed by atoms with van der Waals surface area (Å²) in [5, 5.41) is 0. The van der Waals surface area contributed by atoms with Crippen LogP contribution in [0.4, 0.5) is 8.78 Å². The van der Waals surface area contributed by atoms with Crippen molar-refractivity contribution < 1.29 is 8.78 Å². The number of benzene rings is 1. The SMILES string of the molecule is CC(C)(CCF)Cc1ccc(F)cc1. The monoisotopic (exact) mass is 198 g/mol. The highest BCUT2D eigenvalue weighted by molar-refractivity contribution is 5.17. The molecule has 0 heterocycles. The van der Waals surface area contributed by atoms with E-state index in [1.54, 1.807) is 12.1 Å². The maximum atomic E-state index is 12.6. The lowest BCUT2D eigenvalue weighted by Crippen LogP contribution is -2.15. The average molecular weight is 198 g/mol. The van der Waals surface area contributed by atoms with Gasteiger partial charge < -0.3 is 0 Å². The van der Waals surface area contributed by atoms with Gasteiger partial charge in [0.15, 0.2) is 0 Å². The summed E-state index contributed by atoms with van der Waals surface area (Å²) in [6.45, 7) is 3.75. The summed E-state index contributed by atoms with van der Waals surface area (Å²) in [6, 6.07) is 6.41. The van der Waals surface area contributed by atoms with Crippen molar-refractivity contribution in [2.45, 2.75) is 26.7 Å². The molecule has 0 atom stereocenters. The minimum Gasteiger partial charge on any atom is -0.251 e. The summed E-state index contributed by atoms with van der Waals surface area (Å²) in [4.78, 5) is 0. The molecule has 0 aliphatic heterocycles. The molecule has 2 heteroatoms. The van der Waals surface area contributed by atoms with E-state index in [4.69, 9.17) is 0 Å². The van der Waals surface area contributed by atoms with E-state index in [1.807, 2.05) is 13.8 Å². The van der Waals surface area contributed by atoms with Crippen LogP contribution in [0.2, 0.25) is 0 Å². The van der Waals surface area contributed by atoms with Gasteiger partial charge in [0.1, 0.15) is 5.82 Å². The van der Waals surface area contributed by atoms with Crippen LogP contribution in [-0.2, 0) is 6.42 Å². The maximum absolute atomic E-state index is 12.6. The third-order valence-electron chi connectivity index (χ3n) is 2.37. The third-order valence-corrected chi connectivity index (χ3v) is 2.37. The van der Waals surface area contributed by atoms with Crippen molar-refractivity contribution in [3.05, 3.63) is 35.6 Å². The van der Waals surface area contributed by atoms with Gasteiger partial charge in [0.25, 0.3) is 0 Å². The van der Waals surface area contributed by atoms with Gasteiger partial charge in [-0.05, 0) is 36.0 Å². The molecule has 0 aromatic heterocycles. The Labute approximate surface area is 84.0 Å². The van der Waals surface area contributed by atoms with Gasteiger partial charge in [0.05, 0.1) is 6.67 Å². The van der Waals surface area contributed by atoms with Crippen LogP contribution in [-0.4, -0.2) is 6.67 Å². The predicted octanol–water partition coefficient (Wildman–Crippen LogP) is 3.75. The molecule has 0 N–H and O–H groups in total. The first kappa shape index (κ1) is 11.2. The predicted molar refractivity (Wildman–Crippen MR) is 54.5 cm³/mol. The molecule has 0 radical (unpaired) electrons. The van der Waals surface area contributed by atoms with E-state index in [0.717, 1.165) is 12.0 Å². The Balaban J connectivity index is 2.64. The first-order chi connectivity index (χ1) is 6.53. The van der Waals surface area contributed by atoms with Crippen molar-refractivity contribution in [1.29, 1.82) is 0 Å². The molecule has 14 heavy (non-hydrogen) atoms. The normalized spacial score (nSPS) is 11.7. The highest BCUT2D eigenvalue weighted by Gasteiger charge is 2.17. The summed E-state index contributed by atoms with van der Waals surface area (Å²) in [5.41, 5.74) is 1.01. The zero-order chi connectivity index (χ0) is 10.6. The Bertz CT molecular complexity index is 275. The molecule has 0 bridgehead atoms. The molecule has 0 amide bonds. The fraction of sp³-hybridized carbons (Fsp3) is 0.500. The van der Waals surface area contributed by atoms with Crippen LogP contribution in [0.5, 0.6) is 0 Å². The van der Waals surface area contributed by atoms with E-state index < -0.39 is 0 Å². The minimum absolute atomic E-state index is 0.0490. The van der Waals surface area contributed by atoms with E-state index in [1.165, 1.54) is 12.1 Å². The van der Waals surface area contributed by atoms with Crippen LogP contribution >= 0.6 is 0 Å². The second-order valence-corrected chi connectivity index (χ2v) is 4.41. The number of hydrogen-bond donors (Lipinski definition) is 0. The molecular formula is C12H16F2. The van der Waals surface area contributed by atoms with Crippen LogP contribution in [0.25, 0.3) is 0 Å². The summed E-state index contributed by atoms with van der Waals surface area (Å²) in [5.74, 6) is -0.225. The lowest BCUT2D eigenvalue weighted by atomic mass is 9.83. The van der Waals surface area contributed by atoms with Gasteiger partial charge in [-0.2, -0.15) is 0 Å². The Hall–Kier alpha value is -0.920. The van der Waals surface area contributed by atoms with Gasteiger partial charge in [-0.3, -0.25) is 4.39 Å². The van der Waals surface area contributed by atoms with Crippen LogP contribution in [0.3, 0.4) is 0 Å². The fourth-order valence-corrected chi connectivity index (χ4v) is 1.50. The van der Waals surface area contributed by atoms with Gasteiger partial charge in [0.2, 0.25) is 0 Å². The van der Waals surface area contributed by atoms with Crippen molar-refractivity contribution in [2.75, 3.05) is 6.67 Å². The van der Waals surface area contributed by atoms with E-state index in [0.29, 0.717) is 6.42 Å². The van der Waals surface area contributed by atoms with Crippen molar-refractivity contribution in [1.82, 2.24) is 0 Å². The molecule has 0 nitrogen and oxygen atoms in total. The average Bonchev–Trinajstić information content (AvgIpc) is 2.08. The standard InChI is InChI=1S/C12H16F2/c1-12(2,7-8-13)9-10-3-5-11(14)6-4-10/h3-6H,7-9H2,1-2H3. The Morgan fingerprint density at radius 1 is 1.14 bits per heavy atom. The van der Waals surface area contributed by atoms with Crippen LogP contribution < -0.4 is 0 Å². The third kappa shape index (κ3) is 3.44. The van der Waals surface area contributed by atoms with E-state index in [9.17, 15) is 8.78 Å². The molecule has 0 unspecified atom stereocenters. The number of alkyl halides is 1. The second kappa shape index (κ2) is 4.54. The highest BCUT2D eigenvalue weighted by atomic mass is 19.1. The first-order valence-corrected chi connectivity index (χ1v) is 4.84. The van der Waals surface area contributed by atoms with E-state index in [-0.39, 0.29) is 17.9 Å². The van der Waals surface area contributed by atoms with E-state index in [2.05, 4.69) is 0 Å². The summed E-state index contributed by atoms with van der Waals surface area (Å²) in [7, 11) is 0. The molecule has 0 fully saturated rings. The largest absolute Gasteiger partial charge is 0.251 e. The molecule has 0 aliphatic rings. The molecule has 0 aliphatic carbocycles. The van der Waals surface area contributed by atoms with Crippen LogP contribution in [0.15, 0.2) is 24.3 Å². The zero-order valence-electron chi connectivity index (χ0n) is 8.69. The Morgan fingerprint density at radius 2 is 1.71 bits per heavy atom. The number of rotatable bonds is 4. The highest BCUT2D eigenvalue weighted by Crippen LogP contribution is 2.25. The van der Waals surface area contributed by atoms with E-state index >= 15 is 0 Å². The van der Waals surface area contributed by atoms with Gasteiger partial charge in [-0.25, -0.2) is 4.39 Å². The molecule has 78 valence electrons. The molecule has 1 rings (SSSR count). The molecule has 0 saturated carbocycles. The van der Waals surface area contributed by atoms with Crippen molar-refractivity contribution in [2.24, 2.45) is 5.41 Å². The fourth-order valence-electron chi connectivity index (χ4n) is 1.50. The molecule has 1 aromatic rings. The van der Waals surface area contributed by atoms with Crippen molar-refractivity contribution in [3.8, 4) is 0 Å². The molecule has 0 spiro atoms. The minimum atomic E-state index is -0.297. The van der Waals surface area contributed by atoms with Crippen LogP contribution in [0, 0.1) is 11.2 Å². The second-order valence-electron chi connectivity index (χ2n) is 4.41. The molecule has 1 aromatic carbocycles. The molecule has 0 saturated heterocycles.